The van der Waals surface area contributed by atoms with Gasteiger partial charge in [0.1, 0.15) is 10.7 Å². The molecule has 0 aromatic heterocycles. The second-order valence-electron chi connectivity index (χ2n) is 4.73. The maximum absolute atomic E-state index is 5.75. The lowest BCUT2D eigenvalue weighted by Crippen LogP contribution is -2.31. The minimum Gasteiger partial charge on any atom is -0.497 e. The van der Waals surface area contributed by atoms with E-state index < -0.39 is 0 Å². The van der Waals surface area contributed by atoms with Gasteiger partial charge in [0.25, 0.3) is 0 Å². The van der Waals surface area contributed by atoms with Crippen molar-refractivity contribution in [3.63, 3.8) is 0 Å². The lowest BCUT2D eigenvalue weighted by Gasteiger charge is -2.24. The molecule has 19 heavy (non-hydrogen) atoms. The number of hydrogen-bond donors (Lipinski definition) is 2. The Morgan fingerprint density at radius 2 is 2.05 bits per heavy atom. The normalized spacial score (nSPS) is 12.3. The molecule has 5 heteroatoms. The molecule has 1 aromatic carbocycles. The molecule has 0 aliphatic heterocycles. The summed E-state index contributed by atoms with van der Waals surface area (Å²) in [6.07, 6.45) is 0. The van der Waals surface area contributed by atoms with E-state index in [9.17, 15) is 0 Å². The smallest absolute Gasteiger partial charge is 0.120 e. The van der Waals surface area contributed by atoms with Gasteiger partial charge in [0.05, 0.1) is 19.8 Å². The highest BCUT2D eigenvalue weighted by atomic mass is 32.1. The number of rotatable bonds is 7. The number of hydrogen-bond acceptors (Lipinski definition) is 4. The van der Waals surface area contributed by atoms with Gasteiger partial charge in [-0.25, -0.2) is 0 Å². The predicted molar refractivity (Wildman–Crippen MR) is 83.0 cm³/mol. The molecule has 1 unspecified atom stereocenters. The van der Waals surface area contributed by atoms with E-state index in [4.69, 9.17) is 27.4 Å². The van der Waals surface area contributed by atoms with E-state index in [1.807, 2.05) is 18.2 Å². The molecule has 0 amide bonds. The van der Waals surface area contributed by atoms with Gasteiger partial charge >= 0.3 is 0 Å². The van der Waals surface area contributed by atoms with Crippen LogP contribution in [-0.4, -0.2) is 31.9 Å². The number of benzene rings is 1. The van der Waals surface area contributed by atoms with Crippen molar-refractivity contribution < 1.29 is 9.47 Å². The fraction of sp³-hybridized carbons (Fsp3) is 0.500. The number of methoxy groups -OCH3 is 2. The third-order valence-electron chi connectivity index (χ3n) is 2.98. The van der Waals surface area contributed by atoms with Crippen molar-refractivity contribution in [2.75, 3.05) is 26.1 Å². The molecule has 4 nitrogen and oxygen atoms in total. The quantitative estimate of drug-likeness (QED) is 0.752. The summed E-state index contributed by atoms with van der Waals surface area (Å²) in [6.45, 7) is 4.89. The largest absolute Gasteiger partial charge is 0.497 e. The molecule has 3 N–H and O–H groups in total. The van der Waals surface area contributed by atoms with Crippen molar-refractivity contribution in [3.8, 4) is 5.75 Å². The Bertz CT molecular complexity index is 435. The van der Waals surface area contributed by atoms with Gasteiger partial charge in [0.2, 0.25) is 0 Å². The van der Waals surface area contributed by atoms with E-state index in [0.29, 0.717) is 17.5 Å². The van der Waals surface area contributed by atoms with Crippen LogP contribution in [0.2, 0.25) is 0 Å². The van der Waals surface area contributed by atoms with Crippen LogP contribution in [0.3, 0.4) is 0 Å². The Hall–Kier alpha value is -1.33. The first-order chi connectivity index (χ1) is 8.99. The molecule has 0 fully saturated rings. The van der Waals surface area contributed by atoms with Gasteiger partial charge in [-0.2, -0.15) is 0 Å². The molecule has 0 radical (unpaired) electrons. The summed E-state index contributed by atoms with van der Waals surface area (Å²) in [4.78, 5) is 0.366. The Kier molecular flexibility index (Phi) is 6.05. The summed E-state index contributed by atoms with van der Waals surface area (Å²) in [7, 11) is 3.33. The highest BCUT2D eigenvalue weighted by Crippen LogP contribution is 2.24. The SMILES string of the molecule is COCC(Nc1cc(OC)ccc1C(N)=S)C(C)C. The van der Waals surface area contributed by atoms with Crippen LogP contribution < -0.4 is 15.8 Å². The topological polar surface area (TPSA) is 56.5 Å². The monoisotopic (exact) mass is 282 g/mol. The number of anilines is 1. The van der Waals surface area contributed by atoms with E-state index >= 15 is 0 Å². The molecule has 0 saturated carbocycles. The average Bonchev–Trinajstić information content (AvgIpc) is 2.37. The predicted octanol–water partition coefficient (Wildman–Crippen LogP) is 2.41. The molecule has 0 heterocycles. The van der Waals surface area contributed by atoms with Crippen molar-refractivity contribution >= 4 is 22.9 Å². The first-order valence-corrected chi connectivity index (χ1v) is 6.63. The first kappa shape index (κ1) is 15.7. The second-order valence-corrected chi connectivity index (χ2v) is 5.17. The summed E-state index contributed by atoms with van der Waals surface area (Å²) in [5.74, 6) is 1.19. The third-order valence-corrected chi connectivity index (χ3v) is 3.20. The van der Waals surface area contributed by atoms with Crippen molar-refractivity contribution in [3.05, 3.63) is 23.8 Å². The fourth-order valence-corrected chi connectivity index (χ4v) is 1.94. The molecule has 0 bridgehead atoms. The van der Waals surface area contributed by atoms with Crippen LogP contribution in [0.4, 0.5) is 5.69 Å². The first-order valence-electron chi connectivity index (χ1n) is 6.23. The van der Waals surface area contributed by atoms with E-state index in [2.05, 4.69) is 19.2 Å². The average molecular weight is 282 g/mol. The Balaban J connectivity index is 3.04. The molecule has 1 atom stereocenters. The molecular weight excluding hydrogens is 260 g/mol. The molecule has 0 spiro atoms. The van der Waals surface area contributed by atoms with E-state index in [-0.39, 0.29) is 6.04 Å². The summed E-state index contributed by atoms with van der Waals surface area (Å²) in [5.41, 5.74) is 7.45. The highest BCUT2D eigenvalue weighted by molar-refractivity contribution is 7.80. The minimum atomic E-state index is 0.185. The highest BCUT2D eigenvalue weighted by Gasteiger charge is 2.16. The molecule has 106 valence electrons. The molecule has 0 aliphatic carbocycles. The summed E-state index contributed by atoms with van der Waals surface area (Å²) >= 11 is 5.08. The van der Waals surface area contributed by atoms with Crippen molar-refractivity contribution in [2.24, 2.45) is 11.7 Å². The van der Waals surface area contributed by atoms with E-state index in [1.54, 1.807) is 14.2 Å². The Labute approximate surface area is 120 Å². The van der Waals surface area contributed by atoms with Gasteiger partial charge in [-0.05, 0) is 18.1 Å². The summed E-state index contributed by atoms with van der Waals surface area (Å²) in [5, 5.41) is 3.43. The van der Waals surface area contributed by atoms with E-state index in [0.717, 1.165) is 17.0 Å². The van der Waals surface area contributed by atoms with Crippen LogP contribution in [0.5, 0.6) is 5.75 Å². The maximum Gasteiger partial charge on any atom is 0.120 e. The van der Waals surface area contributed by atoms with Gasteiger partial charge in [-0.1, -0.05) is 26.1 Å². The summed E-state index contributed by atoms with van der Waals surface area (Å²) in [6, 6.07) is 5.80. The van der Waals surface area contributed by atoms with Gasteiger partial charge in [0, 0.05) is 24.4 Å². The van der Waals surface area contributed by atoms with Gasteiger partial charge in [-0.3, -0.25) is 0 Å². The van der Waals surface area contributed by atoms with Gasteiger partial charge in [-0.15, -0.1) is 0 Å². The Morgan fingerprint density at radius 1 is 1.37 bits per heavy atom. The lowest BCUT2D eigenvalue weighted by atomic mass is 10.0. The van der Waals surface area contributed by atoms with Crippen LogP contribution in [0.25, 0.3) is 0 Å². The van der Waals surface area contributed by atoms with Crippen LogP contribution in [0.1, 0.15) is 19.4 Å². The number of thiocarbonyl (C=S) groups is 1. The lowest BCUT2D eigenvalue weighted by molar-refractivity contribution is 0.171. The minimum absolute atomic E-state index is 0.185. The van der Waals surface area contributed by atoms with Crippen molar-refractivity contribution in [1.29, 1.82) is 0 Å². The number of ether oxygens (including phenoxy) is 2. The molecular formula is C14H22N2O2S. The molecule has 0 saturated heterocycles. The van der Waals surface area contributed by atoms with Gasteiger partial charge in [0.15, 0.2) is 0 Å². The van der Waals surface area contributed by atoms with Crippen LogP contribution >= 0.6 is 12.2 Å². The third kappa shape index (κ3) is 4.36. The van der Waals surface area contributed by atoms with Gasteiger partial charge < -0.3 is 20.5 Å². The fourth-order valence-electron chi connectivity index (χ4n) is 1.76. The molecule has 1 aromatic rings. The zero-order valence-corrected chi connectivity index (χ0v) is 12.7. The molecule has 0 aliphatic rings. The molecule has 1 rings (SSSR count). The van der Waals surface area contributed by atoms with Crippen molar-refractivity contribution in [2.45, 2.75) is 19.9 Å². The maximum atomic E-state index is 5.75. The standard InChI is InChI=1S/C14H22N2O2S/c1-9(2)13(8-17-3)16-12-7-10(18-4)5-6-11(12)14(15)19/h5-7,9,13,16H,8H2,1-4H3,(H2,15,19). The zero-order chi connectivity index (χ0) is 14.4. The van der Waals surface area contributed by atoms with Crippen LogP contribution in [0, 0.1) is 5.92 Å². The van der Waals surface area contributed by atoms with E-state index in [1.165, 1.54) is 0 Å². The second kappa shape index (κ2) is 7.31. The summed E-state index contributed by atoms with van der Waals surface area (Å²) < 4.78 is 10.5. The van der Waals surface area contributed by atoms with Crippen LogP contribution in [-0.2, 0) is 4.74 Å². The van der Waals surface area contributed by atoms with Crippen LogP contribution in [0.15, 0.2) is 18.2 Å². The Morgan fingerprint density at radius 3 is 2.53 bits per heavy atom. The number of nitrogens with two attached hydrogens (primary N) is 1. The van der Waals surface area contributed by atoms with Crippen molar-refractivity contribution in [1.82, 2.24) is 0 Å². The zero-order valence-electron chi connectivity index (χ0n) is 11.9. The number of nitrogens with one attached hydrogen (secondary N) is 1.